The Bertz CT molecular complexity index is 612. The summed E-state index contributed by atoms with van der Waals surface area (Å²) in [7, 11) is -2.94. The maximum atomic E-state index is 11.7. The quantitative estimate of drug-likeness (QED) is 0.774. The molecule has 2 aliphatic heterocycles. The number of rotatable bonds is 1. The fourth-order valence-corrected chi connectivity index (χ4v) is 4.97. The summed E-state index contributed by atoms with van der Waals surface area (Å²) in [6.07, 6.45) is 0. The molecular formula is C12H14N2O2S2. The lowest BCUT2D eigenvalue weighted by Crippen LogP contribution is -2.36. The molecule has 2 aliphatic rings. The first-order valence-corrected chi connectivity index (χ1v) is 8.06. The van der Waals surface area contributed by atoms with E-state index in [4.69, 9.17) is 12.2 Å². The van der Waals surface area contributed by atoms with E-state index in [1.54, 1.807) is 0 Å². The summed E-state index contributed by atoms with van der Waals surface area (Å²) in [5, 5.41) is 3.75. The van der Waals surface area contributed by atoms with Gasteiger partial charge < -0.3 is 10.2 Å². The Labute approximate surface area is 112 Å². The van der Waals surface area contributed by atoms with E-state index in [2.05, 4.69) is 5.32 Å². The van der Waals surface area contributed by atoms with Crippen LogP contribution in [-0.4, -0.2) is 37.1 Å². The van der Waals surface area contributed by atoms with E-state index in [9.17, 15) is 8.42 Å². The summed E-state index contributed by atoms with van der Waals surface area (Å²) in [6, 6.07) is 7.84. The van der Waals surface area contributed by atoms with Crippen molar-refractivity contribution in [2.45, 2.75) is 19.0 Å². The normalized spacial score (nSPS) is 29.2. The number of fused-ring (bicyclic) bond motifs is 1. The van der Waals surface area contributed by atoms with Crippen molar-refractivity contribution >= 4 is 32.9 Å². The van der Waals surface area contributed by atoms with Crippen LogP contribution in [0.15, 0.2) is 24.3 Å². The fourth-order valence-electron chi connectivity index (χ4n) is 2.69. The first kappa shape index (κ1) is 11.9. The molecule has 1 aromatic rings. The number of hydrogen-bond acceptors (Lipinski definition) is 3. The zero-order chi connectivity index (χ0) is 12.9. The Kier molecular flexibility index (Phi) is 2.60. The molecule has 0 aromatic heterocycles. The molecule has 96 valence electrons. The number of nitrogens with zero attached hydrogens (tertiary/aromatic N) is 1. The van der Waals surface area contributed by atoms with Crippen LogP contribution in [0, 0.1) is 6.92 Å². The van der Waals surface area contributed by atoms with Gasteiger partial charge in [0.05, 0.1) is 23.6 Å². The van der Waals surface area contributed by atoms with Crippen LogP contribution in [0.5, 0.6) is 0 Å². The summed E-state index contributed by atoms with van der Waals surface area (Å²) in [4.78, 5) is 1.94. The second-order valence-corrected chi connectivity index (χ2v) is 7.45. The van der Waals surface area contributed by atoms with Crippen LogP contribution < -0.4 is 10.2 Å². The third kappa shape index (κ3) is 1.89. The average molecular weight is 282 g/mol. The molecule has 0 bridgehead atoms. The van der Waals surface area contributed by atoms with Crippen molar-refractivity contribution in [1.29, 1.82) is 0 Å². The monoisotopic (exact) mass is 282 g/mol. The minimum Gasteiger partial charge on any atom is -0.356 e. The number of nitrogens with one attached hydrogen (secondary N) is 1. The fraction of sp³-hybridized carbons (Fsp3) is 0.417. The van der Waals surface area contributed by atoms with Crippen molar-refractivity contribution in [1.82, 2.24) is 5.32 Å². The summed E-state index contributed by atoms with van der Waals surface area (Å²) in [5.74, 6) is 0.360. The van der Waals surface area contributed by atoms with E-state index in [-0.39, 0.29) is 23.6 Å². The molecule has 0 radical (unpaired) electrons. The lowest BCUT2D eigenvalue weighted by molar-refractivity contribution is 0.600. The molecule has 0 aliphatic carbocycles. The zero-order valence-electron chi connectivity index (χ0n) is 9.96. The average Bonchev–Trinajstić information content (AvgIpc) is 2.68. The van der Waals surface area contributed by atoms with E-state index in [0.717, 1.165) is 11.3 Å². The van der Waals surface area contributed by atoms with E-state index in [1.165, 1.54) is 0 Å². The highest BCUT2D eigenvalue weighted by atomic mass is 32.2. The highest BCUT2D eigenvalue weighted by Gasteiger charge is 2.47. The summed E-state index contributed by atoms with van der Waals surface area (Å²) < 4.78 is 23.4. The van der Waals surface area contributed by atoms with Crippen molar-refractivity contribution < 1.29 is 8.42 Å². The van der Waals surface area contributed by atoms with Gasteiger partial charge in [0.15, 0.2) is 14.9 Å². The largest absolute Gasteiger partial charge is 0.356 e. The van der Waals surface area contributed by atoms with Crippen LogP contribution in [0.2, 0.25) is 0 Å². The van der Waals surface area contributed by atoms with Crippen LogP contribution >= 0.6 is 12.2 Å². The van der Waals surface area contributed by atoms with Gasteiger partial charge in [0.25, 0.3) is 0 Å². The van der Waals surface area contributed by atoms with Crippen LogP contribution in [0.1, 0.15) is 5.56 Å². The highest BCUT2D eigenvalue weighted by molar-refractivity contribution is 7.91. The number of sulfone groups is 1. The van der Waals surface area contributed by atoms with E-state index in [1.807, 2.05) is 36.1 Å². The van der Waals surface area contributed by atoms with E-state index in [0.29, 0.717) is 5.11 Å². The minimum absolute atomic E-state index is 0.0655. The predicted octanol–water partition coefficient (Wildman–Crippen LogP) is 0.855. The Morgan fingerprint density at radius 1 is 1.39 bits per heavy atom. The summed E-state index contributed by atoms with van der Waals surface area (Å²) >= 11 is 5.32. The summed E-state index contributed by atoms with van der Waals surface area (Å²) in [6.45, 7) is 2.01. The zero-order valence-corrected chi connectivity index (χ0v) is 11.6. The minimum atomic E-state index is -2.94. The molecule has 2 atom stereocenters. The molecule has 3 rings (SSSR count). The molecule has 0 amide bonds. The van der Waals surface area contributed by atoms with E-state index < -0.39 is 9.84 Å². The number of benzene rings is 1. The molecule has 1 aromatic carbocycles. The van der Waals surface area contributed by atoms with Gasteiger partial charge in [-0.2, -0.15) is 0 Å². The molecule has 6 heteroatoms. The summed E-state index contributed by atoms with van der Waals surface area (Å²) in [5.41, 5.74) is 2.11. The molecule has 18 heavy (non-hydrogen) atoms. The van der Waals surface area contributed by atoms with Gasteiger partial charge in [0.2, 0.25) is 0 Å². The maximum absolute atomic E-state index is 11.7. The smallest absolute Gasteiger partial charge is 0.174 e. The van der Waals surface area contributed by atoms with Gasteiger partial charge in [0.1, 0.15) is 0 Å². The molecular weight excluding hydrogens is 268 g/mol. The Morgan fingerprint density at radius 2 is 2.17 bits per heavy atom. The van der Waals surface area contributed by atoms with Gasteiger partial charge in [-0.05, 0) is 36.8 Å². The van der Waals surface area contributed by atoms with Crippen molar-refractivity contribution in [3.8, 4) is 0 Å². The molecule has 0 saturated carbocycles. The number of aryl methyl sites for hydroxylation is 1. The van der Waals surface area contributed by atoms with Crippen LogP contribution in [0.4, 0.5) is 5.69 Å². The van der Waals surface area contributed by atoms with Crippen LogP contribution in [-0.2, 0) is 9.84 Å². The number of hydrogen-bond donors (Lipinski definition) is 1. The van der Waals surface area contributed by atoms with Gasteiger partial charge in [0, 0.05) is 5.69 Å². The van der Waals surface area contributed by atoms with Gasteiger partial charge in [-0.25, -0.2) is 8.42 Å². The van der Waals surface area contributed by atoms with Crippen molar-refractivity contribution in [3.63, 3.8) is 0 Å². The van der Waals surface area contributed by atoms with Gasteiger partial charge in [-0.1, -0.05) is 12.1 Å². The van der Waals surface area contributed by atoms with Crippen LogP contribution in [0.3, 0.4) is 0 Å². The highest BCUT2D eigenvalue weighted by Crippen LogP contribution is 2.29. The predicted molar refractivity (Wildman–Crippen MR) is 75.6 cm³/mol. The second-order valence-electron chi connectivity index (χ2n) is 4.91. The Balaban J connectivity index is 1.99. The SMILES string of the molecule is Cc1cccc(N2C(=S)N[C@@H]3CS(=O)(=O)C[C@@H]32)c1. The molecule has 0 unspecified atom stereocenters. The first-order valence-electron chi connectivity index (χ1n) is 5.83. The van der Waals surface area contributed by atoms with Gasteiger partial charge in [-0.3, -0.25) is 0 Å². The Hall–Kier alpha value is -1.14. The number of thiocarbonyl (C=S) groups is 1. The molecule has 2 heterocycles. The second kappa shape index (κ2) is 3.93. The van der Waals surface area contributed by atoms with E-state index >= 15 is 0 Å². The Morgan fingerprint density at radius 3 is 2.89 bits per heavy atom. The van der Waals surface area contributed by atoms with Crippen molar-refractivity contribution in [3.05, 3.63) is 29.8 Å². The third-order valence-electron chi connectivity index (χ3n) is 3.46. The molecule has 4 nitrogen and oxygen atoms in total. The molecule has 0 spiro atoms. The lowest BCUT2D eigenvalue weighted by Gasteiger charge is -2.23. The van der Waals surface area contributed by atoms with Crippen molar-refractivity contribution in [2.75, 3.05) is 16.4 Å². The molecule has 1 N–H and O–H groups in total. The maximum Gasteiger partial charge on any atom is 0.174 e. The van der Waals surface area contributed by atoms with Crippen LogP contribution in [0.25, 0.3) is 0 Å². The topological polar surface area (TPSA) is 49.4 Å². The first-order chi connectivity index (χ1) is 8.46. The third-order valence-corrected chi connectivity index (χ3v) is 5.49. The standard InChI is InChI=1S/C12H14N2O2S2/c1-8-3-2-4-9(5-8)14-11-7-18(15,16)6-10(11)13-12(14)17/h2-5,10-11H,6-7H2,1H3,(H,13,17)/t10-,11+/m1/s1. The molecule has 2 fully saturated rings. The molecule has 2 saturated heterocycles. The lowest BCUT2D eigenvalue weighted by atomic mass is 10.1. The number of anilines is 1. The van der Waals surface area contributed by atoms with Crippen molar-refractivity contribution in [2.24, 2.45) is 0 Å². The van der Waals surface area contributed by atoms with Gasteiger partial charge in [-0.15, -0.1) is 0 Å². The van der Waals surface area contributed by atoms with Gasteiger partial charge >= 0.3 is 0 Å².